The Labute approximate surface area is 175 Å². The van der Waals surface area contributed by atoms with Crippen molar-refractivity contribution in [2.24, 2.45) is 0 Å². The van der Waals surface area contributed by atoms with Crippen LogP contribution in [0.4, 0.5) is 9.18 Å². The molecule has 1 aliphatic heterocycles. The van der Waals surface area contributed by atoms with Gasteiger partial charge in [-0.2, -0.15) is 5.06 Å². The van der Waals surface area contributed by atoms with Crippen LogP contribution in [0.2, 0.25) is 0 Å². The molecule has 0 radical (unpaired) electrons. The van der Waals surface area contributed by atoms with Gasteiger partial charge in [-0.1, -0.05) is 61.4 Å². The molecule has 1 saturated heterocycles. The van der Waals surface area contributed by atoms with Crippen LogP contribution in [0.1, 0.15) is 51.5 Å². The van der Waals surface area contributed by atoms with Crippen LogP contribution in [0.5, 0.6) is 0 Å². The first kappa shape index (κ1) is 21.3. The fourth-order valence-corrected chi connectivity index (χ4v) is 5.92. The van der Waals surface area contributed by atoms with Gasteiger partial charge in [0.25, 0.3) is 0 Å². The molecule has 2 aliphatic rings. The average molecular weight is 426 g/mol. The van der Waals surface area contributed by atoms with Crippen molar-refractivity contribution < 1.29 is 14.4 Å². The first-order valence-corrected chi connectivity index (χ1v) is 11.0. The highest BCUT2D eigenvalue weighted by atomic mass is 32.2. The van der Waals surface area contributed by atoms with Crippen molar-refractivity contribution in [3.05, 3.63) is 35.6 Å². The summed E-state index contributed by atoms with van der Waals surface area (Å²) in [5.41, 5.74) is 0.593. The first-order valence-electron chi connectivity index (χ1n) is 9.81. The van der Waals surface area contributed by atoms with Crippen LogP contribution in [0, 0.1) is 5.82 Å². The maximum absolute atomic E-state index is 14.0. The van der Waals surface area contributed by atoms with E-state index in [9.17, 15) is 14.4 Å². The maximum atomic E-state index is 14.0. The summed E-state index contributed by atoms with van der Waals surface area (Å²) >= 11 is 6.96. The maximum Gasteiger partial charge on any atom is 0.343 e. The van der Waals surface area contributed by atoms with Gasteiger partial charge in [-0.15, -0.1) is 0 Å². The number of benzene rings is 1. The number of rotatable bonds is 5. The van der Waals surface area contributed by atoms with E-state index in [0.29, 0.717) is 22.8 Å². The highest BCUT2D eigenvalue weighted by Gasteiger charge is 2.49. The summed E-state index contributed by atoms with van der Waals surface area (Å²) < 4.78 is 14.1. The Hall–Kier alpha value is -1.38. The summed E-state index contributed by atoms with van der Waals surface area (Å²) in [6.07, 6.45) is 5.10. The van der Waals surface area contributed by atoms with Crippen LogP contribution in [0.15, 0.2) is 24.3 Å². The van der Waals surface area contributed by atoms with Crippen molar-refractivity contribution in [1.29, 1.82) is 0 Å². The van der Waals surface area contributed by atoms with Gasteiger partial charge in [-0.25, -0.2) is 9.18 Å². The van der Waals surface area contributed by atoms with E-state index in [1.807, 2.05) is 18.7 Å². The van der Waals surface area contributed by atoms with E-state index >= 15 is 0 Å². The van der Waals surface area contributed by atoms with Gasteiger partial charge >= 0.3 is 6.03 Å². The Morgan fingerprint density at radius 1 is 1.36 bits per heavy atom. The number of nitrogens with zero attached hydrogens (tertiary/aromatic N) is 2. The molecule has 1 aliphatic carbocycles. The van der Waals surface area contributed by atoms with Gasteiger partial charge in [0.2, 0.25) is 0 Å². The molecule has 0 aromatic heterocycles. The minimum absolute atomic E-state index is 0.104. The van der Waals surface area contributed by atoms with Crippen molar-refractivity contribution in [3.63, 3.8) is 0 Å². The normalized spacial score (nSPS) is 22.4. The van der Waals surface area contributed by atoms with Crippen molar-refractivity contribution in [2.75, 3.05) is 6.54 Å². The SMILES string of the molecule is CC1(C)SC(=S)N(CCc2ccccc2F)C1N(O)C(=O)NC1CCCCC1. The van der Waals surface area contributed by atoms with Gasteiger partial charge < -0.3 is 10.2 Å². The second-order valence-corrected chi connectivity index (χ2v) is 10.3. The number of nitrogens with one attached hydrogen (secondary N) is 1. The quantitative estimate of drug-likeness (QED) is 0.412. The number of hydrogen-bond donors (Lipinski definition) is 2. The third kappa shape index (κ3) is 4.78. The molecule has 1 unspecified atom stereocenters. The molecular weight excluding hydrogens is 397 g/mol. The van der Waals surface area contributed by atoms with Crippen LogP contribution in [0.3, 0.4) is 0 Å². The number of thiocarbonyl (C=S) groups is 1. The molecule has 1 heterocycles. The van der Waals surface area contributed by atoms with Gasteiger partial charge in [0, 0.05) is 12.6 Å². The van der Waals surface area contributed by atoms with Crippen LogP contribution >= 0.6 is 24.0 Å². The van der Waals surface area contributed by atoms with Crippen LogP contribution < -0.4 is 5.32 Å². The van der Waals surface area contributed by atoms with Gasteiger partial charge in [0.05, 0.1) is 4.75 Å². The standard InChI is InChI=1S/C20H28FN3O2S2/c1-20(2)17(24(26)18(25)22-15-9-4-3-5-10-15)23(19(27)28-20)13-12-14-8-6-7-11-16(14)21/h6-8,11,15,17,26H,3-5,9-10,12-13H2,1-2H3,(H,22,25). The summed E-state index contributed by atoms with van der Waals surface area (Å²) in [7, 11) is 0. The highest BCUT2D eigenvalue weighted by Crippen LogP contribution is 2.42. The molecule has 1 saturated carbocycles. The van der Waals surface area contributed by atoms with E-state index in [-0.39, 0.29) is 11.9 Å². The predicted molar refractivity (Wildman–Crippen MR) is 114 cm³/mol. The lowest BCUT2D eigenvalue weighted by atomic mass is 9.96. The summed E-state index contributed by atoms with van der Waals surface area (Å²) in [5, 5.41) is 14.5. The van der Waals surface area contributed by atoms with E-state index in [4.69, 9.17) is 12.2 Å². The van der Waals surface area contributed by atoms with E-state index < -0.39 is 16.9 Å². The second kappa shape index (κ2) is 8.97. The molecule has 154 valence electrons. The zero-order valence-electron chi connectivity index (χ0n) is 16.4. The van der Waals surface area contributed by atoms with Gasteiger partial charge in [0.15, 0.2) is 0 Å². The number of thioether (sulfide) groups is 1. The summed E-state index contributed by atoms with van der Waals surface area (Å²) in [4.78, 5) is 14.5. The molecule has 2 N–H and O–H groups in total. The van der Waals surface area contributed by atoms with Crippen LogP contribution in [0.25, 0.3) is 0 Å². The first-order chi connectivity index (χ1) is 13.3. The molecule has 5 nitrogen and oxygen atoms in total. The Morgan fingerprint density at radius 3 is 2.71 bits per heavy atom. The number of carbonyl (C=O) groups is 1. The molecular formula is C20H28FN3O2S2. The predicted octanol–water partition coefficient (Wildman–Crippen LogP) is 4.54. The third-order valence-corrected chi connectivity index (χ3v) is 7.08. The zero-order valence-corrected chi connectivity index (χ0v) is 18.0. The van der Waals surface area contributed by atoms with E-state index in [1.165, 1.54) is 24.2 Å². The topological polar surface area (TPSA) is 55.8 Å². The van der Waals surface area contributed by atoms with E-state index in [0.717, 1.165) is 30.7 Å². The number of amides is 2. The van der Waals surface area contributed by atoms with Crippen molar-refractivity contribution in [2.45, 2.75) is 69.3 Å². The molecule has 2 amide bonds. The number of carbonyl (C=O) groups excluding carboxylic acids is 1. The molecule has 8 heteroatoms. The molecule has 1 atom stereocenters. The highest BCUT2D eigenvalue weighted by molar-refractivity contribution is 8.24. The van der Waals surface area contributed by atoms with Crippen molar-refractivity contribution in [3.8, 4) is 0 Å². The molecule has 2 fully saturated rings. The lowest BCUT2D eigenvalue weighted by molar-refractivity contribution is -0.119. The molecule has 1 aromatic rings. The Bertz CT molecular complexity index is 725. The van der Waals surface area contributed by atoms with Crippen LogP contribution in [-0.4, -0.2) is 49.0 Å². The largest absolute Gasteiger partial charge is 0.343 e. The van der Waals surface area contributed by atoms with Gasteiger partial charge in [-0.3, -0.25) is 5.21 Å². The average Bonchev–Trinajstić information content (AvgIpc) is 2.89. The zero-order chi connectivity index (χ0) is 20.3. The summed E-state index contributed by atoms with van der Waals surface area (Å²) in [6.45, 7) is 4.33. The lowest BCUT2D eigenvalue weighted by Crippen LogP contribution is -2.58. The minimum Gasteiger partial charge on any atom is -0.333 e. The third-order valence-electron chi connectivity index (χ3n) is 5.45. The number of hydroxylamine groups is 2. The van der Waals surface area contributed by atoms with Crippen molar-refractivity contribution in [1.82, 2.24) is 15.3 Å². The number of halogens is 1. The second-order valence-electron chi connectivity index (χ2n) is 8.01. The van der Waals surface area contributed by atoms with Crippen LogP contribution in [-0.2, 0) is 6.42 Å². The Balaban J connectivity index is 1.70. The Kier molecular flexibility index (Phi) is 6.83. The minimum atomic E-state index is -0.611. The molecule has 28 heavy (non-hydrogen) atoms. The smallest absolute Gasteiger partial charge is 0.333 e. The fourth-order valence-electron chi connectivity index (χ4n) is 3.99. The van der Waals surface area contributed by atoms with Gasteiger partial charge in [-0.05, 0) is 44.7 Å². The summed E-state index contributed by atoms with van der Waals surface area (Å²) in [5.74, 6) is -0.257. The summed E-state index contributed by atoms with van der Waals surface area (Å²) in [6, 6.07) is 6.25. The molecule has 0 bridgehead atoms. The lowest BCUT2D eigenvalue weighted by Gasteiger charge is -2.37. The van der Waals surface area contributed by atoms with Gasteiger partial charge in [0.1, 0.15) is 16.3 Å². The molecule has 0 spiro atoms. The molecule has 3 rings (SSSR count). The number of urea groups is 1. The van der Waals surface area contributed by atoms with E-state index in [1.54, 1.807) is 18.2 Å². The fraction of sp³-hybridized carbons (Fsp3) is 0.600. The van der Waals surface area contributed by atoms with E-state index in [2.05, 4.69) is 5.32 Å². The number of hydrogen-bond acceptors (Lipinski definition) is 4. The molecule has 1 aromatic carbocycles. The monoisotopic (exact) mass is 425 g/mol. The Morgan fingerprint density at radius 2 is 2.04 bits per heavy atom. The van der Waals surface area contributed by atoms with Crippen molar-refractivity contribution >= 4 is 34.3 Å².